The predicted molar refractivity (Wildman–Crippen MR) is 117 cm³/mol. The van der Waals surface area contributed by atoms with Crippen LogP contribution >= 0.6 is 15.9 Å². The highest BCUT2D eigenvalue weighted by molar-refractivity contribution is 9.10. The van der Waals surface area contributed by atoms with Crippen molar-refractivity contribution in [1.82, 2.24) is 0 Å². The van der Waals surface area contributed by atoms with Crippen LogP contribution in [-0.4, -0.2) is 18.8 Å². The summed E-state index contributed by atoms with van der Waals surface area (Å²) in [6.07, 6.45) is 3.69. The zero-order chi connectivity index (χ0) is 20.5. The van der Waals surface area contributed by atoms with E-state index < -0.39 is 0 Å². The van der Waals surface area contributed by atoms with Crippen molar-refractivity contribution in [2.24, 2.45) is 5.16 Å². The van der Waals surface area contributed by atoms with E-state index in [4.69, 9.17) is 9.57 Å². The Kier molecular flexibility index (Phi) is 8.45. The highest BCUT2D eigenvalue weighted by Gasteiger charge is 2.17. The van der Waals surface area contributed by atoms with Crippen molar-refractivity contribution < 1.29 is 14.4 Å². The minimum Gasteiger partial charge on any atom is -0.465 e. The smallest absolute Gasteiger partial charge is 0.338 e. The van der Waals surface area contributed by atoms with Crippen LogP contribution in [0.5, 0.6) is 0 Å². The minimum absolute atomic E-state index is 0.272. The molecule has 148 valence electrons. The van der Waals surface area contributed by atoms with E-state index in [1.807, 2.05) is 62.4 Å². The Morgan fingerprint density at radius 3 is 2.64 bits per heavy atom. The zero-order valence-electron chi connectivity index (χ0n) is 16.8. The number of esters is 1. The standard InChI is InChI=1S/C23H26BrNO3/c1-5-6-12-21(23(26)27-4)20-13-7-9-16(2)22(20)15-28-25-17(3)18-10-8-11-19(24)14-18/h7-14H,5-6,15H2,1-4H3/b21-12-,25-17+. The van der Waals surface area contributed by atoms with E-state index in [1.54, 1.807) is 0 Å². The van der Waals surface area contributed by atoms with Crippen LogP contribution in [0.25, 0.3) is 5.57 Å². The van der Waals surface area contributed by atoms with Crippen molar-refractivity contribution in [1.29, 1.82) is 0 Å². The first-order valence-electron chi connectivity index (χ1n) is 9.27. The van der Waals surface area contributed by atoms with Crippen molar-refractivity contribution in [2.45, 2.75) is 40.2 Å². The highest BCUT2D eigenvalue weighted by Crippen LogP contribution is 2.25. The fourth-order valence-corrected chi connectivity index (χ4v) is 3.21. The lowest BCUT2D eigenvalue weighted by Crippen LogP contribution is -2.08. The fraction of sp³-hybridized carbons (Fsp3) is 0.304. The van der Waals surface area contributed by atoms with Crippen LogP contribution in [-0.2, 0) is 21.0 Å². The van der Waals surface area contributed by atoms with E-state index in [0.717, 1.165) is 45.3 Å². The topological polar surface area (TPSA) is 47.9 Å². The molecule has 0 saturated carbocycles. The zero-order valence-corrected chi connectivity index (χ0v) is 18.4. The molecule has 0 aliphatic carbocycles. The molecule has 2 aromatic carbocycles. The van der Waals surface area contributed by atoms with Gasteiger partial charge in [-0.15, -0.1) is 0 Å². The predicted octanol–water partition coefficient (Wildman–Crippen LogP) is 6.05. The lowest BCUT2D eigenvalue weighted by Gasteiger charge is -2.14. The summed E-state index contributed by atoms with van der Waals surface area (Å²) in [7, 11) is 1.40. The second-order valence-electron chi connectivity index (χ2n) is 6.46. The van der Waals surface area contributed by atoms with Crippen LogP contribution < -0.4 is 0 Å². The first kappa shape index (κ1) is 21.9. The van der Waals surface area contributed by atoms with Gasteiger partial charge in [-0.1, -0.05) is 70.8 Å². The van der Waals surface area contributed by atoms with Crippen molar-refractivity contribution in [2.75, 3.05) is 7.11 Å². The molecule has 2 rings (SSSR count). The number of carbonyl (C=O) groups is 1. The van der Waals surface area contributed by atoms with Crippen LogP contribution in [0.4, 0.5) is 0 Å². The van der Waals surface area contributed by atoms with Gasteiger partial charge in [0, 0.05) is 15.6 Å². The third-order valence-corrected chi connectivity index (χ3v) is 4.89. The third-order valence-electron chi connectivity index (χ3n) is 4.40. The molecule has 28 heavy (non-hydrogen) atoms. The summed E-state index contributed by atoms with van der Waals surface area (Å²) in [5.41, 5.74) is 5.14. The molecule has 0 amide bonds. The van der Waals surface area contributed by atoms with Gasteiger partial charge in [0.25, 0.3) is 0 Å². The Labute approximate surface area is 175 Å². The molecule has 0 spiro atoms. The summed E-state index contributed by atoms with van der Waals surface area (Å²) in [6.45, 7) is 6.25. The molecule has 0 bridgehead atoms. The van der Waals surface area contributed by atoms with Crippen molar-refractivity contribution >= 4 is 33.2 Å². The maximum Gasteiger partial charge on any atom is 0.338 e. The maximum atomic E-state index is 12.3. The summed E-state index contributed by atoms with van der Waals surface area (Å²) in [5.74, 6) is -0.339. The monoisotopic (exact) mass is 443 g/mol. The molecule has 0 atom stereocenters. The number of hydrogen-bond acceptors (Lipinski definition) is 4. The Morgan fingerprint density at radius 2 is 1.96 bits per heavy atom. The Bertz CT molecular complexity index is 887. The number of halogens is 1. The lowest BCUT2D eigenvalue weighted by molar-refractivity contribution is -0.133. The van der Waals surface area contributed by atoms with Gasteiger partial charge in [0.1, 0.15) is 6.61 Å². The number of carbonyl (C=O) groups excluding carboxylic acids is 1. The molecule has 0 aromatic heterocycles. The molecule has 0 aliphatic heterocycles. The molecule has 0 unspecified atom stereocenters. The van der Waals surface area contributed by atoms with Crippen molar-refractivity contribution in [3.63, 3.8) is 0 Å². The maximum absolute atomic E-state index is 12.3. The van der Waals surface area contributed by atoms with Gasteiger partial charge in [0.2, 0.25) is 0 Å². The molecule has 5 heteroatoms. The molecule has 0 fully saturated rings. The van der Waals surface area contributed by atoms with Gasteiger partial charge in [-0.3, -0.25) is 0 Å². The number of rotatable bonds is 8. The van der Waals surface area contributed by atoms with Crippen molar-refractivity contribution in [3.05, 3.63) is 75.3 Å². The van der Waals surface area contributed by atoms with Crippen LogP contribution in [0.3, 0.4) is 0 Å². The second kappa shape index (κ2) is 10.8. The Morgan fingerprint density at radius 1 is 1.21 bits per heavy atom. The van der Waals surface area contributed by atoms with E-state index in [-0.39, 0.29) is 12.6 Å². The number of benzene rings is 2. The minimum atomic E-state index is -0.339. The second-order valence-corrected chi connectivity index (χ2v) is 7.38. The molecule has 0 saturated heterocycles. The van der Waals surface area contributed by atoms with E-state index in [1.165, 1.54) is 7.11 Å². The molecular formula is C23H26BrNO3. The quantitative estimate of drug-likeness (QED) is 0.215. The Hall–Kier alpha value is -2.40. The highest BCUT2D eigenvalue weighted by atomic mass is 79.9. The number of ether oxygens (including phenoxy) is 1. The van der Waals surface area contributed by atoms with Crippen LogP contribution in [0.15, 0.2) is 58.2 Å². The van der Waals surface area contributed by atoms with Gasteiger partial charge in [-0.05, 0) is 43.5 Å². The van der Waals surface area contributed by atoms with Gasteiger partial charge < -0.3 is 9.57 Å². The molecule has 0 aliphatic rings. The van der Waals surface area contributed by atoms with Crippen molar-refractivity contribution in [3.8, 4) is 0 Å². The summed E-state index contributed by atoms with van der Waals surface area (Å²) < 4.78 is 5.98. The van der Waals surface area contributed by atoms with Gasteiger partial charge >= 0.3 is 5.97 Å². The molecule has 4 nitrogen and oxygen atoms in total. The third kappa shape index (κ3) is 5.80. The number of nitrogens with zero attached hydrogens (tertiary/aromatic N) is 1. The van der Waals surface area contributed by atoms with Gasteiger partial charge in [0.05, 0.1) is 18.4 Å². The van der Waals surface area contributed by atoms with Gasteiger partial charge in [-0.2, -0.15) is 0 Å². The SMILES string of the molecule is CCC/C=C(\C(=O)OC)c1cccc(C)c1CO/N=C(\C)c1cccc(Br)c1. The summed E-state index contributed by atoms with van der Waals surface area (Å²) in [4.78, 5) is 18.0. The Balaban J connectivity index is 2.28. The number of aryl methyl sites for hydroxylation is 1. The van der Waals surface area contributed by atoms with Crippen LogP contribution in [0, 0.1) is 6.92 Å². The van der Waals surface area contributed by atoms with Crippen LogP contribution in [0.2, 0.25) is 0 Å². The number of hydrogen-bond donors (Lipinski definition) is 0. The van der Waals surface area contributed by atoms with E-state index in [9.17, 15) is 4.79 Å². The molecule has 0 N–H and O–H groups in total. The molecular weight excluding hydrogens is 418 g/mol. The summed E-state index contributed by atoms with van der Waals surface area (Å²) in [6, 6.07) is 13.8. The lowest BCUT2D eigenvalue weighted by atomic mass is 9.95. The number of allylic oxidation sites excluding steroid dienone is 1. The summed E-state index contributed by atoms with van der Waals surface area (Å²) in [5, 5.41) is 4.26. The van der Waals surface area contributed by atoms with Crippen LogP contribution in [0.1, 0.15) is 48.9 Å². The largest absolute Gasteiger partial charge is 0.465 e. The molecule has 0 heterocycles. The molecule has 2 aromatic rings. The van der Waals surface area contributed by atoms with Gasteiger partial charge in [0.15, 0.2) is 0 Å². The van der Waals surface area contributed by atoms with E-state index in [0.29, 0.717) is 5.57 Å². The van der Waals surface area contributed by atoms with E-state index >= 15 is 0 Å². The summed E-state index contributed by atoms with van der Waals surface area (Å²) >= 11 is 3.47. The molecule has 0 radical (unpaired) electrons. The number of oxime groups is 1. The first-order valence-corrected chi connectivity index (χ1v) is 10.1. The average molecular weight is 444 g/mol. The normalized spacial score (nSPS) is 12.0. The average Bonchev–Trinajstić information content (AvgIpc) is 2.69. The number of methoxy groups -OCH3 is 1. The van der Waals surface area contributed by atoms with Gasteiger partial charge in [-0.25, -0.2) is 4.79 Å². The van der Waals surface area contributed by atoms with E-state index in [2.05, 4.69) is 28.0 Å². The first-order chi connectivity index (χ1) is 13.5. The fourth-order valence-electron chi connectivity index (χ4n) is 2.81. The number of unbranched alkanes of at least 4 members (excludes halogenated alkanes) is 1.